The molecule has 1 heterocycles. The minimum atomic E-state index is -0.622. The molecule has 0 aliphatic heterocycles. The first-order chi connectivity index (χ1) is 11.7. The van der Waals surface area contributed by atoms with Gasteiger partial charge in [-0.05, 0) is 48.6 Å². The molecule has 24 heavy (non-hydrogen) atoms. The highest BCUT2D eigenvalue weighted by Gasteiger charge is 2.42. The van der Waals surface area contributed by atoms with E-state index in [1.54, 1.807) is 11.0 Å². The largest absolute Gasteiger partial charge is 0.352 e. The van der Waals surface area contributed by atoms with E-state index < -0.39 is 5.54 Å². The third-order valence-electron chi connectivity index (χ3n) is 4.98. The number of carbonyl (C=O) groups is 1. The summed E-state index contributed by atoms with van der Waals surface area (Å²) in [6.45, 7) is 2.07. The quantitative estimate of drug-likeness (QED) is 0.884. The predicted molar refractivity (Wildman–Crippen MR) is 91.2 cm³/mol. The van der Waals surface area contributed by atoms with Crippen molar-refractivity contribution in [3.8, 4) is 0 Å². The van der Waals surface area contributed by atoms with Crippen LogP contribution in [0.4, 0.5) is 0 Å². The second-order valence-corrected chi connectivity index (χ2v) is 6.75. The second-order valence-electron chi connectivity index (χ2n) is 6.75. The van der Waals surface area contributed by atoms with Crippen LogP contribution in [0.2, 0.25) is 0 Å². The van der Waals surface area contributed by atoms with Crippen LogP contribution in [-0.2, 0) is 16.8 Å². The van der Waals surface area contributed by atoms with Crippen molar-refractivity contribution in [1.82, 2.24) is 25.5 Å². The predicted octanol–water partition coefficient (Wildman–Crippen LogP) is 2.47. The van der Waals surface area contributed by atoms with Crippen molar-refractivity contribution in [3.63, 3.8) is 0 Å². The fraction of sp³-hybridized carbons (Fsp3) is 0.556. The summed E-state index contributed by atoms with van der Waals surface area (Å²) in [7, 11) is 0. The zero-order valence-corrected chi connectivity index (χ0v) is 14.2. The molecule has 6 heteroatoms. The van der Waals surface area contributed by atoms with E-state index in [-0.39, 0.29) is 11.9 Å². The molecule has 0 saturated heterocycles. The Labute approximate surface area is 142 Å². The Morgan fingerprint density at radius 3 is 2.67 bits per heavy atom. The van der Waals surface area contributed by atoms with E-state index in [4.69, 9.17) is 0 Å². The van der Waals surface area contributed by atoms with Gasteiger partial charge < -0.3 is 5.32 Å². The van der Waals surface area contributed by atoms with Gasteiger partial charge in [0, 0.05) is 6.04 Å². The SMILES string of the molecule is C[C@@H](CCc1ccccc1)NC(=O)C1(n2cnnn2)CCCCC1. The van der Waals surface area contributed by atoms with Crippen LogP contribution in [0.1, 0.15) is 51.0 Å². The highest BCUT2D eigenvalue weighted by molar-refractivity contribution is 5.84. The van der Waals surface area contributed by atoms with Crippen LogP contribution in [0, 0.1) is 0 Å². The van der Waals surface area contributed by atoms with E-state index in [1.165, 1.54) is 12.0 Å². The molecule has 3 rings (SSSR count). The molecule has 0 spiro atoms. The van der Waals surface area contributed by atoms with Crippen LogP contribution in [0.5, 0.6) is 0 Å². The van der Waals surface area contributed by atoms with Gasteiger partial charge in [-0.2, -0.15) is 0 Å². The molecule has 1 atom stereocenters. The normalized spacial score (nSPS) is 18.0. The van der Waals surface area contributed by atoms with E-state index in [0.717, 1.165) is 38.5 Å². The molecule has 1 amide bonds. The van der Waals surface area contributed by atoms with Crippen LogP contribution in [0.3, 0.4) is 0 Å². The number of carbonyl (C=O) groups excluding carboxylic acids is 1. The fourth-order valence-electron chi connectivity index (χ4n) is 3.51. The molecule has 2 aromatic rings. The molecule has 1 saturated carbocycles. The molecule has 6 nitrogen and oxygen atoms in total. The van der Waals surface area contributed by atoms with Crippen molar-refractivity contribution in [2.45, 2.75) is 63.5 Å². The summed E-state index contributed by atoms with van der Waals surface area (Å²) in [5.74, 6) is 0.0510. The van der Waals surface area contributed by atoms with Crippen LogP contribution in [-0.4, -0.2) is 32.2 Å². The number of nitrogens with zero attached hydrogens (tertiary/aromatic N) is 4. The van der Waals surface area contributed by atoms with Crippen molar-refractivity contribution in [3.05, 3.63) is 42.2 Å². The molecule has 128 valence electrons. The van der Waals surface area contributed by atoms with Crippen molar-refractivity contribution in [1.29, 1.82) is 0 Å². The molecule has 0 radical (unpaired) electrons. The Balaban J connectivity index is 1.63. The summed E-state index contributed by atoms with van der Waals surface area (Å²) in [4.78, 5) is 13.0. The molecule has 1 aliphatic rings. The van der Waals surface area contributed by atoms with Gasteiger partial charge in [0.2, 0.25) is 5.91 Å². The van der Waals surface area contributed by atoms with E-state index in [0.29, 0.717) is 0 Å². The monoisotopic (exact) mass is 327 g/mol. The molecule has 1 fully saturated rings. The molecular formula is C18H25N5O. The number of hydrogen-bond acceptors (Lipinski definition) is 4. The topological polar surface area (TPSA) is 72.7 Å². The number of amides is 1. The highest BCUT2D eigenvalue weighted by Crippen LogP contribution is 2.34. The third kappa shape index (κ3) is 3.63. The Hall–Kier alpha value is -2.24. The van der Waals surface area contributed by atoms with E-state index >= 15 is 0 Å². The average molecular weight is 327 g/mol. The van der Waals surface area contributed by atoms with E-state index in [2.05, 4.69) is 39.9 Å². The first kappa shape index (κ1) is 16.6. The Bertz CT molecular complexity index is 635. The van der Waals surface area contributed by atoms with Crippen molar-refractivity contribution in [2.75, 3.05) is 0 Å². The number of aromatic nitrogens is 4. The van der Waals surface area contributed by atoms with Gasteiger partial charge in [0.15, 0.2) is 0 Å². The second kappa shape index (κ2) is 7.55. The highest BCUT2D eigenvalue weighted by atomic mass is 16.2. The lowest BCUT2D eigenvalue weighted by Crippen LogP contribution is -2.52. The zero-order chi connectivity index (χ0) is 16.8. The smallest absolute Gasteiger partial charge is 0.248 e. The Morgan fingerprint density at radius 2 is 2.00 bits per heavy atom. The Kier molecular flexibility index (Phi) is 5.23. The van der Waals surface area contributed by atoms with Gasteiger partial charge in [0.05, 0.1) is 0 Å². The summed E-state index contributed by atoms with van der Waals surface area (Å²) in [5, 5.41) is 14.7. The summed E-state index contributed by atoms with van der Waals surface area (Å²) in [6.07, 6.45) is 8.28. The van der Waals surface area contributed by atoms with Gasteiger partial charge in [-0.3, -0.25) is 4.79 Å². The third-order valence-corrected chi connectivity index (χ3v) is 4.98. The standard InChI is InChI=1S/C18H25N5O/c1-15(10-11-16-8-4-2-5-9-16)20-17(24)18(12-6-3-7-13-18)23-14-19-21-22-23/h2,4-5,8-9,14-15H,3,6-7,10-13H2,1H3,(H,20,24)/t15-/m0/s1. The molecule has 0 bridgehead atoms. The number of tetrazole rings is 1. The van der Waals surface area contributed by atoms with E-state index in [1.807, 2.05) is 18.2 Å². The summed E-state index contributed by atoms with van der Waals surface area (Å²) in [5.41, 5.74) is 0.675. The molecule has 1 aromatic heterocycles. The number of aryl methyl sites for hydroxylation is 1. The minimum Gasteiger partial charge on any atom is -0.352 e. The summed E-state index contributed by atoms with van der Waals surface area (Å²) >= 11 is 0. The maximum Gasteiger partial charge on any atom is 0.248 e. The maximum absolute atomic E-state index is 13.0. The van der Waals surface area contributed by atoms with E-state index in [9.17, 15) is 4.79 Å². The van der Waals surface area contributed by atoms with Gasteiger partial charge in [0.25, 0.3) is 0 Å². The number of rotatable bonds is 6. The molecular weight excluding hydrogens is 302 g/mol. The molecule has 0 unspecified atom stereocenters. The van der Waals surface area contributed by atoms with Crippen LogP contribution < -0.4 is 5.32 Å². The van der Waals surface area contributed by atoms with Crippen molar-refractivity contribution >= 4 is 5.91 Å². The molecule has 1 aromatic carbocycles. The Morgan fingerprint density at radius 1 is 1.25 bits per heavy atom. The maximum atomic E-state index is 13.0. The first-order valence-corrected chi connectivity index (χ1v) is 8.79. The van der Waals surface area contributed by atoms with Gasteiger partial charge >= 0.3 is 0 Å². The van der Waals surface area contributed by atoms with Gasteiger partial charge in [-0.15, -0.1) is 5.10 Å². The zero-order valence-electron chi connectivity index (χ0n) is 14.2. The van der Waals surface area contributed by atoms with Crippen molar-refractivity contribution < 1.29 is 4.79 Å². The van der Waals surface area contributed by atoms with Crippen molar-refractivity contribution in [2.24, 2.45) is 0 Å². The average Bonchev–Trinajstić information content (AvgIpc) is 3.16. The molecule has 1 N–H and O–H groups in total. The number of nitrogens with one attached hydrogen (secondary N) is 1. The minimum absolute atomic E-state index is 0.0510. The van der Waals surface area contributed by atoms with Crippen LogP contribution >= 0.6 is 0 Å². The number of hydrogen-bond donors (Lipinski definition) is 1. The summed E-state index contributed by atoms with van der Waals surface area (Å²) in [6, 6.07) is 10.5. The van der Waals surface area contributed by atoms with Crippen LogP contribution in [0.15, 0.2) is 36.7 Å². The molecule has 1 aliphatic carbocycles. The summed E-state index contributed by atoms with van der Waals surface area (Å²) < 4.78 is 1.66. The van der Waals surface area contributed by atoms with Crippen LogP contribution in [0.25, 0.3) is 0 Å². The lowest BCUT2D eigenvalue weighted by molar-refractivity contribution is -0.133. The van der Waals surface area contributed by atoms with Gasteiger partial charge in [0.1, 0.15) is 11.9 Å². The van der Waals surface area contributed by atoms with Gasteiger partial charge in [-0.25, -0.2) is 4.68 Å². The van der Waals surface area contributed by atoms with Gasteiger partial charge in [-0.1, -0.05) is 49.6 Å². The number of benzene rings is 1. The fourth-order valence-corrected chi connectivity index (χ4v) is 3.51. The lowest BCUT2D eigenvalue weighted by atomic mass is 9.80. The lowest BCUT2D eigenvalue weighted by Gasteiger charge is -2.36. The first-order valence-electron chi connectivity index (χ1n) is 8.79.